The van der Waals surface area contributed by atoms with Crippen LogP contribution in [0, 0.1) is 5.41 Å². The molecule has 0 spiro atoms. The van der Waals surface area contributed by atoms with E-state index in [2.05, 4.69) is 56.0 Å². The Balaban J connectivity index is 2.77. The zero-order valence-electron chi connectivity index (χ0n) is 12.5. The van der Waals surface area contributed by atoms with Gasteiger partial charge in [0.05, 0.1) is 0 Å². The maximum atomic E-state index is 4.41. The van der Waals surface area contributed by atoms with Crippen LogP contribution < -0.4 is 5.32 Å². The van der Waals surface area contributed by atoms with Crippen molar-refractivity contribution in [3.8, 4) is 0 Å². The van der Waals surface area contributed by atoms with Crippen molar-refractivity contribution in [1.82, 2.24) is 15.3 Å². The van der Waals surface area contributed by atoms with Crippen LogP contribution >= 0.6 is 0 Å². The molecule has 0 aliphatic carbocycles. The van der Waals surface area contributed by atoms with E-state index in [0.717, 1.165) is 37.2 Å². The van der Waals surface area contributed by atoms with Gasteiger partial charge in [0.15, 0.2) is 0 Å². The molecule has 3 nitrogen and oxygen atoms in total. The van der Waals surface area contributed by atoms with Crippen LogP contribution in [0.2, 0.25) is 0 Å². The van der Waals surface area contributed by atoms with Crippen LogP contribution in [0.5, 0.6) is 0 Å². The predicted octanol–water partition coefficient (Wildman–Crippen LogP) is 3.00. The molecule has 0 aliphatic heterocycles. The van der Waals surface area contributed by atoms with Crippen LogP contribution in [-0.4, -0.2) is 22.6 Å². The lowest BCUT2D eigenvalue weighted by Gasteiger charge is -2.31. The first kappa shape index (κ1) is 15.1. The molecule has 1 aromatic rings. The van der Waals surface area contributed by atoms with E-state index in [1.165, 1.54) is 0 Å². The molecule has 1 unspecified atom stereocenters. The molecular weight excluding hydrogens is 222 g/mol. The molecule has 0 saturated carbocycles. The third kappa shape index (κ3) is 4.73. The lowest BCUT2D eigenvalue weighted by Crippen LogP contribution is -2.42. The maximum absolute atomic E-state index is 4.41. The molecule has 1 atom stereocenters. The fourth-order valence-electron chi connectivity index (χ4n) is 2.09. The third-order valence-corrected chi connectivity index (χ3v) is 3.20. The Bertz CT molecular complexity index is 355. The first-order valence-corrected chi connectivity index (χ1v) is 7.00. The monoisotopic (exact) mass is 249 g/mol. The fourth-order valence-corrected chi connectivity index (χ4v) is 2.09. The van der Waals surface area contributed by atoms with E-state index in [9.17, 15) is 0 Å². The summed E-state index contributed by atoms with van der Waals surface area (Å²) >= 11 is 0. The molecule has 0 aliphatic rings. The highest BCUT2D eigenvalue weighted by atomic mass is 14.9. The van der Waals surface area contributed by atoms with Gasteiger partial charge in [-0.05, 0) is 24.4 Å². The van der Waals surface area contributed by atoms with E-state index in [4.69, 9.17) is 0 Å². The molecule has 1 heterocycles. The minimum Gasteiger partial charge on any atom is -0.313 e. The molecular formula is C15H27N3. The van der Waals surface area contributed by atoms with Gasteiger partial charge in [-0.3, -0.25) is 0 Å². The van der Waals surface area contributed by atoms with E-state index in [0.29, 0.717) is 6.04 Å². The Morgan fingerprint density at radius 3 is 2.39 bits per heavy atom. The van der Waals surface area contributed by atoms with Gasteiger partial charge in [-0.1, -0.05) is 41.0 Å². The standard InChI is InChI=1S/C15H27N3/c1-6-8-12-9-13(18-11-17-12)10-14(16-7-2)15(3,4)5/h9,11,14,16H,6-8,10H2,1-5H3. The van der Waals surface area contributed by atoms with Crippen LogP contribution in [0.15, 0.2) is 12.4 Å². The fraction of sp³-hybridized carbons (Fsp3) is 0.733. The van der Waals surface area contributed by atoms with Gasteiger partial charge >= 0.3 is 0 Å². The summed E-state index contributed by atoms with van der Waals surface area (Å²) in [5.74, 6) is 0. The largest absolute Gasteiger partial charge is 0.313 e. The molecule has 1 rings (SSSR count). The minimum absolute atomic E-state index is 0.242. The molecule has 0 aromatic carbocycles. The van der Waals surface area contributed by atoms with Crippen molar-refractivity contribution in [2.24, 2.45) is 5.41 Å². The average Bonchev–Trinajstić information content (AvgIpc) is 2.28. The normalized spacial score (nSPS) is 13.6. The molecule has 1 N–H and O–H groups in total. The topological polar surface area (TPSA) is 37.8 Å². The number of rotatable bonds is 6. The highest BCUT2D eigenvalue weighted by Crippen LogP contribution is 2.22. The lowest BCUT2D eigenvalue weighted by molar-refractivity contribution is 0.268. The first-order valence-electron chi connectivity index (χ1n) is 7.00. The van der Waals surface area contributed by atoms with Crippen molar-refractivity contribution in [1.29, 1.82) is 0 Å². The zero-order valence-corrected chi connectivity index (χ0v) is 12.5. The number of nitrogens with zero attached hydrogens (tertiary/aromatic N) is 2. The first-order chi connectivity index (χ1) is 8.47. The summed E-state index contributed by atoms with van der Waals surface area (Å²) in [6, 6.07) is 2.60. The SMILES string of the molecule is CCCc1cc(CC(NCC)C(C)(C)C)ncn1. The quantitative estimate of drug-likeness (QED) is 0.842. The van der Waals surface area contributed by atoms with Crippen LogP contribution in [0.3, 0.4) is 0 Å². The maximum Gasteiger partial charge on any atom is 0.115 e. The number of likely N-dealkylation sites (N-methyl/N-ethyl adjacent to an activating group) is 1. The van der Waals surface area contributed by atoms with Gasteiger partial charge in [0.2, 0.25) is 0 Å². The van der Waals surface area contributed by atoms with E-state index in [-0.39, 0.29) is 5.41 Å². The summed E-state index contributed by atoms with van der Waals surface area (Å²) in [6.45, 7) is 12.1. The van der Waals surface area contributed by atoms with Crippen LogP contribution in [-0.2, 0) is 12.8 Å². The van der Waals surface area contributed by atoms with Crippen LogP contribution in [0.25, 0.3) is 0 Å². The van der Waals surface area contributed by atoms with E-state index < -0.39 is 0 Å². The number of aryl methyl sites for hydroxylation is 1. The highest BCUT2D eigenvalue weighted by molar-refractivity contribution is 5.10. The van der Waals surface area contributed by atoms with Crippen molar-refractivity contribution >= 4 is 0 Å². The van der Waals surface area contributed by atoms with Crippen molar-refractivity contribution < 1.29 is 0 Å². The van der Waals surface area contributed by atoms with Gasteiger partial charge in [-0.25, -0.2) is 9.97 Å². The summed E-state index contributed by atoms with van der Waals surface area (Å²) in [6.07, 6.45) is 4.84. The van der Waals surface area contributed by atoms with Gasteiger partial charge < -0.3 is 5.32 Å². The molecule has 0 fully saturated rings. The van der Waals surface area contributed by atoms with Crippen molar-refractivity contribution in [3.05, 3.63) is 23.8 Å². The molecule has 0 saturated heterocycles. The average molecular weight is 249 g/mol. The lowest BCUT2D eigenvalue weighted by atomic mass is 9.84. The Hall–Kier alpha value is -0.960. The zero-order chi connectivity index (χ0) is 13.6. The molecule has 3 heteroatoms. The third-order valence-electron chi connectivity index (χ3n) is 3.20. The van der Waals surface area contributed by atoms with Crippen molar-refractivity contribution in [3.63, 3.8) is 0 Å². The second kappa shape index (κ2) is 6.83. The molecule has 0 bridgehead atoms. The summed E-state index contributed by atoms with van der Waals surface area (Å²) in [5, 5.41) is 3.56. The Morgan fingerprint density at radius 2 is 1.83 bits per heavy atom. The molecule has 102 valence electrons. The van der Waals surface area contributed by atoms with Gasteiger partial charge in [-0.2, -0.15) is 0 Å². The Labute approximate surface area is 111 Å². The molecule has 0 radical (unpaired) electrons. The summed E-state index contributed by atoms with van der Waals surface area (Å²) in [5.41, 5.74) is 2.55. The van der Waals surface area contributed by atoms with Crippen LogP contribution in [0.1, 0.15) is 52.4 Å². The second-order valence-electron chi connectivity index (χ2n) is 5.93. The summed E-state index contributed by atoms with van der Waals surface area (Å²) in [4.78, 5) is 8.72. The Morgan fingerprint density at radius 1 is 1.17 bits per heavy atom. The summed E-state index contributed by atoms with van der Waals surface area (Å²) < 4.78 is 0. The van der Waals surface area contributed by atoms with E-state index >= 15 is 0 Å². The van der Waals surface area contributed by atoms with Gasteiger partial charge in [0.1, 0.15) is 6.33 Å². The predicted molar refractivity (Wildman–Crippen MR) is 76.7 cm³/mol. The van der Waals surface area contributed by atoms with E-state index in [1.807, 2.05) is 0 Å². The number of hydrogen-bond acceptors (Lipinski definition) is 3. The molecule has 0 amide bonds. The smallest absolute Gasteiger partial charge is 0.115 e. The summed E-state index contributed by atoms with van der Waals surface area (Å²) in [7, 11) is 0. The number of hydrogen-bond donors (Lipinski definition) is 1. The van der Waals surface area contributed by atoms with Gasteiger partial charge in [0.25, 0.3) is 0 Å². The van der Waals surface area contributed by atoms with Crippen LogP contribution in [0.4, 0.5) is 0 Å². The van der Waals surface area contributed by atoms with Crippen molar-refractivity contribution in [2.75, 3.05) is 6.54 Å². The van der Waals surface area contributed by atoms with Gasteiger partial charge in [0, 0.05) is 23.9 Å². The Kier molecular flexibility index (Phi) is 5.73. The number of nitrogens with one attached hydrogen (secondary N) is 1. The number of aromatic nitrogens is 2. The second-order valence-corrected chi connectivity index (χ2v) is 5.93. The van der Waals surface area contributed by atoms with Gasteiger partial charge in [-0.15, -0.1) is 0 Å². The van der Waals surface area contributed by atoms with Crippen molar-refractivity contribution in [2.45, 2.75) is 59.9 Å². The molecule has 1 aromatic heterocycles. The highest BCUT2D eigenvalue weighted by Gasteiger charge is 2.24. The molecule has 18 heavy (non-hydrogen) atoms. The van der Waals surface area contributed by atoms with E-state index in [1.54, 1.807) is 6.33 Å². The minimum atomic E-state index is 0.242.